The van der Waals surface area contributed by atoms with Crippen LogP contribution < -0.4 is 5.32 Å². The van der Waals surface area contributed by atoms with Gasteiger partial charge in [0.25, 0.3) is 0 Å². The van der Waals surface area contributed by atoms with Crippen molar-refractivity contribution in [2.45, 2.75) is 18.4 Å². The summed E-state index contributed by atoms with van der Waals surface area (Å²) in [5.74, 6) is -0.345. The third-order valence-electron chi connectivity index (χ3n) is 2.76. The van der Waals surface area contributed by atoms with Crippen LogP contribution in [0.15, 0.2) is 18.2 Å². The zero-order chi connectivity index (χ0) is 10.9. The highest BCUT2D eigenvalue weighted by molar-refractivity contribution is 6.30. The predicted octanol–water partition coefficient (Wildman–Crippen LogP) is 1.75. The number of β-amino-alcohol motifs (C(OH)–C–C–N with tert-alkyl or cyclic N) is 1. The molecular weight excluding hydrogens is 217 g/mol. The fraction of sp³-hybridized carbons (Fsp3) is 0.455. The van der Waals surface area contributed by atoms with Crippen LogP contribution in [0.25, 0.3) is 0 Å². The minimum atomic E-state index is -0.811. The number of aliphatic hydroxyl groups is 1. The van der Waals surface area contributed by atoms with Crippen LogP contribution in [0.4, 0.5) is 4.39 Å². The molecule has 15 heavy (non-hydrogen) atoms. The molecule has 1 aliphatic rings. The molecule has 4 heteroatoms. The van der Waals surface area contributed by atoms with Crippen LogP contribution in [0.3, 0.4) is 0 Å². The highest BCUT2D eigenvalue weighted by atomic mass is 35.5. The van der Waals surface area contributed by atoms with Gasteiger partial charge in [-0.1, -0.05) is 17.7 Å². The third kappa shape index (κ3) is 2.48. The molecule has 1 aromatic rings. The van der Waals surface area contributed by atoms with Gasteiger partial charge in [0.2, 0.25) is 0 Å². The van der Waals surface area contributed by atoms with Crippen LogP contribution in [0.2, 0.25) is 5.02 Å². The molecule has 1 aromatic carbocycles. The van der Waals surface area contributed by atoms with Crippen molar-refractivity contribution in [2.24, 2.45) is 0 Å². The topological polar surface area (TPSA) is 32.3 Å². The van der Waals surface area contributed by atoms with E-state index in [1.807, 2.05) is 0 Å². The minimum Gasteiger partial charge on any atom is -0.388 e. The molecular formula is C11H13ClFNO. The highest BCUT2D eigenvalue weighted by Crippen LogP contribution is 2.23. The van der Waals surface area contributed by atoms with Crippen molar-refractivity contribution in [3.8, 4) is 0 Å². The Labute approximate surface area is 93.1 Å². The monoisotopic (exact) mass is 229 g/mol. The molecule has 1 saturated heterocycles. The normalized spacial score (nSPS) is 25.8. The molecule has 0 aliphatic carbocycles. The number of hydrogen-bond donors (Lipinski definition) is 2. The second kappa shape index (κ2) is 4.08. The highest BCUT2D eigenvalue weighted by Gasteiger charge is 2.31. The summed E-state index contributed by atoms with van der Waals surface area (Å²) in [6.07, 6.45) is 0.998. The van der Waals surface area contributed by atoms with Gasteiger partial charge in [-0.25, -0.2) is 4.39 Å². The Morgan fingerprint density at radius 2 is 2.33 bits per heavy atom. The van der Waals surface area contributed by atoms with Crippen LogP contribution in [-0.4, -0.2) is 23.8 Å². The number of benzene rings is 1. The Kier molecular flexibility index (Phi) is 2.96. The lowest BCUT2D eigenvalue weighted by Gasteiger charge is -2.21. The van der Waals surface area contributed by atoms with E-state index >= 15 is 0 Å². The first-order chi connectivity index (χ1) is 7.09. The van der Waals surface area contributed by atoms with Crippen LogP contribution in [-0.2, 0) is 6.42 Å². The number of nitrogens with one attached hydrogen (secondary N) is 1. The first kappa shape index (κ1) is 10.9. The van der Waals surface area contributed by atoms with Gasteiger partial charge in [0.15, 0.2) is 0 Å². The maximum atomic E-state index is 13.5. The fourth-order valence-electron chi connectivity index (χ4n) is 1.90. The molecule has 2 N–H and O–H groups in total. The third-order valence-corrected chi connectivity index (χ3v) is 2.99. The molecule has 1 atom stereocenters. The summed E-state index contributed by atoms with van der Waals surface area (Å²) in [6, 6.07) is 4.56. The predicted molar refractivity (Wildman–Crippen MR) is 57.6 cm³/mol. The molecule has 1 fully saturated rings. The second-order valence-corrected chi connectivity index (χ2v) is 4.50. The molecule has 1 unspecified atom stereocenters. The molecule has 82 valence electrons. The first-order valence-electron chi connectivity index (χ1n) is 4.96. The summed E-state index contributed by atoms with van der Waals surface area (Å²) in [4.78, 5) is 0. The lowest BCUT2D eigenvalue weighted by atomic mass is 9.93. The zero-order valence-electron chi connectivity index (χ0n) is 8.26. The minimum absolute atomic E-state index is 0.336. The Morgan fingerprint density at radius 3 is 2.93 bits per heavy atom. The molecule has 2 rings (SSSR count). The molecule has 0 amide bonds. The van der Waals surface area contributed by atoms with Crippen LogP contribution in [0.5, 0.6) is 0 Å². The number of hydrogen-bond acceptors (Lipinski definition) is 2. The molecule has 0 aromatic heterocycles. The van der Waals surface area contributed by atoms with Crippen molar-refractivity contribution < 1.29 is 9.50 Å². The van der Waals surface area contributed by atoms with Gasteiger partial charge in [0, 0.05) is 18.0 Å². The Bertz CT molecular complexity index is 364. The maximum Gasteiger partial charge on any atom is 0.127 e. The van der Waals surface area contributed by atoms with Gasteiger partial charge in [-0.2, -0.15) is 0 Å². The lowest BCUT2D eigenvalue weighted by Crippen LogP contribution is -2.34. The van der Waals surface area contributed by atoms with Gasteiger partial charge in [0.1, 0.15) is 5.82 Å². The standard InChI is InChI=1S/C11H13ClFNO/c12-9-2-1-8(10(13)5-9)6-11(15)3-4-14-7-11/h1-2,5,14-15H,3-4,6-7H2. The molecule has 0 saturated carbocycles. The summed E-state index contributed by atoms with van der Waals surface area (Å²) < 4.78 is 13.5. The molecule has 1 aliphatic heterocycles. The van der Waals surface area contributed by atoms with Crippen molar-refractivity contribution in [3.63, 3.8) is 0 Å². The molecule has 1 heterocycles. The van der Waals surface area contributed by atoms with Crippen molar-refractivity contribution in [1.29, 1.82) is 0 Å². The number of rotatable bonds is 2. The van der Waals surface area contributed by atoms with Crippen LogP contribution in [0.1, 0.15) is 12.0 Å². The summed E-state index contributed by atoms with van der Waals surface area (Å²) in [5.41, 5.74) is -0.292. The van der Waals surface area contributed by atoms with Gasteiger partial charge in [-0.3, -0.25) is 0 Å². The Balaban J connectivity index is 2.16. The molecule has 2 nitrogen and oxygen atoms in total. The van der Waals surface area contributed by atoms with E-state index in [1.54, 1.807) is 12.1 Å². The average molecular weight is 230 g/mol. The van der Waals surface area contributed by atoms with E-state index in [4.69, 9.17) is 11.6 Å². The van der Waals surface area contributed by atoms with E-state index in [0.29, 0.717) is 30.0 Å². The van der Waals surface area contributed by atoms with E-state index in [2.05, 4.69) is 5.32 Å². The lowest BCUT2D eigenvalue weighted by molar-refractivity contribution is 0.0610. The van der Waals surface area contributed by atoms with Gasteiger partial charge < -0.3 is 10.4 Å². The number of halogens is 2. The van der Waals surface area contributed by atoms with Crippen molar-refractivity contribution in [1.82, 2.24) is 5.32 Å². The van der Waals surface area contributed by atoms with Crippen LogP contribution in [0, 0.1) is 5.82 Å². The quantitative estimate of drug-likeness (QED) is 0.810. The zero-order valence-corrected chi connectivity index (χ0v) is 9.02. The maximum absolute atomic E-state index is 13.5. The van der Waals surface area contributed by atoms with Gasteiger partial charge in [-0.15, -0.1) is 0 Å². The second-order valence-electron chi connectivity index (χ2n) is 4.06. The Hall–Kier alpha value is -0.640. The van der Waals surface area contributed by atoms with E-state index in [9.17, 15) is 9.50 Å². The van der Waals surface area contributed by atoms with Crippen LogP contribution >= 0.6 is 11.6 Å². The Morgan fingerprint density at radius 1 is 1.53 bits per heavy atom. The summed E-state index contributed by atoms with van der Waals surface area (Å²) >= 11 is 5.65. The molecule has 0 bridgehead atoms. The summed E-state index contributed by atoms with van der Waals surface area (Å²) in [5, 5.41) is 13.5. The van der Waals surface area contributed by atoms with Crippen molar-refractivity contribution >= 4 is 11.6 Å². The smallest absolute Gasteiger partial charge is 0.127 e. The average Bonchev–Trinajstić information content (AvgIpc) is 2.58. The van der Waals surface area contributed by atoms with Crippen molar-refractivity contribution in [2.75, 3.05) is 13.1 Å². The SMILES string of the molecule is OC1(Cc2ccc(Cl)cc2F)CCNC1. The van der Waals surface area contributed by atoms with Gasteiger partial charge in [-0.05, 0) is 30.7 Å². The van der Waals surface area contributed by atoms with E-state index in [1.165, 1.54) is 6.07 Å². The fourth-order valence-corrected chi connectivity index (χ4v) is 2.06. The molecule has 0 spiro atoms. The first-order valence-corrected chi connectivity index (χ1v) is 5.34. The van der Waals surface area contributed by atoms with E-state index in [-0.39, 0.29) is 5.82 Å². The van der Waals surface area contributed by atoms with E-state index < -0.39 is 5.60 Å². The summed E-state index contributed by atoms with van der Waals surface area (Å²) in [6.45, 7) is 1.31. The van der Waals surface area contributed by atoms with Gasteiger partial charge in [0.05, 0.1) is 5.60 Å². The van der Waals surface area contributed by atoms with Gasteiger partial charge >= 0.3 is 0 Å². The van der Waals surface area contributed by atoms with E-state index in [0.717, 1.165) is 6.54 Å². The molecule has 0 radical (unpaired) electrons. The summed E-state index contributed by atoms with van der Waals surface area (Å²) in [7, 11) is 0. The van der Waals surface area contributed by atoms with Crippen molar-refractivity contribution in [3.05, 3.63) is 34.6 Å². The largest absolute Gasteiger partial charge is 0.388 e.